The van der Waals surface area contributed by atoms with E-state index < -0.39 is 24.9 Å². The number of ether oxygens (including phenoxy) is 1. The van der Waals surface area contributed by atoms with Crippen molar-refractivity contribution >= 4 is 12.0 Å². The van der Waals surface area contributed by atoms with E-state index in [1.807, 2.05) is 18.9 Å². The minimum absolute atomic E-state index is 0.0469. The Morgan fingerprint density at radius 2 is 1.76 bits per heavy atom. The zero-order valence-electron chi connectivity index (χ0n) is 14.3. The van der Waals surface area contributed by atoms with E-state index in [0.717, 1.165) is 6.54 Å². The summed E-state index contributed by atoms with van der Waals surface area (Å²) in [6.45, 7) is 4.14. The smallest absolute Gasteiger partial charge is 0.425 e. The van der Waals surface area contributed by atoms with Crippen LogP contribution >= 0.6 is 0 Å². The molecule has 0 N–H and O–H groups in total. The van der Waals surface area contributed by atoms with E-state index in [-0.39, 0.29) is 5.75 Å². The van der Waals surface area contributed by atoms with Gasteiger partial charge >= 0.3 is 12.1 Å². The van der Waals surface area contributed by atoms with Gasteiger partial charge in [0.2, 0.25) is 0 Å². The van der Waals surface area contributed by atoms with Crippen LogP contribution in [0.5, 0.6) is 5.75 Å². The van der Waals surface area contributed by atoms with Crippen LogP contribution in [0.25, 0.3) is 0 Å². The molecule has 1 aromatic carbocycles. The van der Waals surface area contributed by atoms with Gasteiger partial charge < -0.3 is 9.64 Å². The lowest BCUT2D eigenvalue weighted by Gasteiger charge is -2.23. The van der Waals surface area contributed by atoms with Gasteiger partial charge in [0.15, 0.2) is 6.61 Å². The first-order chi connectivity index (χ1) is 11.4. The SMILES string of the molecule is CCN(C)/C=N/c1cc(C)c(OCC(F)(F)C(F)C(F)(F)F)cc1C. The van der Waals surface area contributed by atoms with Gasteiger partial charge in [0.25, 0.3) is 6.17 Å². The summed E-state index contributed by atoms with van der Waals surface area (Å²) in [6.07, 6.45) is -8.34. The molecule has 0 aliphatic heterocycles. The number of alkyl halides is 6. The number of nitrogens with zero attached hydrogens (tertiary/aromatic N) is 2. The van der Waals surface area contributed by atoms with E-state index in [1.165, 1.54) is 13.0 Å². The largest absolute Gasteiger partial charge is 0.487 e. The van der Waals surface area contributed by atoms with Crippen molar-refractivity contribution in [3.63, 3.8) is 0 Å². The second kappa shape index (κ2) is 7.97. The monoisotopic (exact) mass is 370 g/mol. The first-order valence-corrected chi connectivity index (χ1v) is 7.45. The Labute approximate surface area is 142 Å². The van der Waals surface area contributed by atoms with Gasteiger partial charge in [-0.2, -0.15) is 22.0 Å². The second-order valence-corrected chi connectivity index (χ2v) is 5.68. The molecule has 0 amide bonds. The van der Waals surface area contributed by atoms with Crippen molar-refractivity contribution in [1.29, 1.82) is 0 Å². The Kier molecular flexibility index (Phi) is 6.73. The van der Waals surface area contributed by atoms with Crippen LogP contribution in [-0.4, -0.2) is 49.7 Å². The minimum atomic E-state index is -5.65. The zero-order chi connectivity index (χ0) is 19.4. The highest BCUT2D eigenvalue weighted by Crippen LogP contribution is 2.36. The second-order valence-electron chi connectivity index (χ2n) is 5.68. The van der Waals surface area contributed by atoms with Crippen LogP contribution in [0, 0.1) is 13.8 Å². The molecule has 0 saturated carbocycles. The molecule has 0 saturated heterocycles. The Morgan fingerprint density at radius 1 is 1.16 bits per heavy atom. The molecule has 142 valence electrons. The van der Waals surface area contributed by atoms with E-state index in [9.17, 15) is 26.3 Å². The molecule has 0 bridgehead atoms. The topological polar surface area (TPSA) is 24.8 Å². The van der Waals surface area contributed by atoms with Crippen LogP contribution in [0.3, 0.4) is 0 Å². The van der Waals surface area contributed by atoms with Crippen molar-refractivity contribution in [2.24, 2.45) is 4.99 Å². The standard InChI is InChI=1S/C16H20F6N2O/c1-5-24(4)9-23-12-6-11(3)13(7-10(12)2)25-8-15(18,19)14(17)16(20,21)22/h6-7,9,14H,5,8H2,1-4H3/b23-9+. The molecule has 0 aromatic heterocycles. The van der Waals surface area contributed by atoms with E-state index in [2.05, 4.69) is 4.99 Å². The predicted molar refractivity (Wildman–Crippen MR) is 83.8 cm³/mol. The van der Waals surface area contributed by atoms with Crippen molar-refractivity contribution < 1.29 is 31.1 Å². The highest BCUT2D eigenvalue weighted by Gasteiger charge is 2.57. The molecule has 1 rings (SSSR count). The first-order valence-electron chi connectivity index (χ1n) is 7.45. The lowest BCUT2D eigenvalue weighted by molar-refractivity contribution is -0.250. The third-order valence-corrected chi connectivity index (χ3v) is 3.46. The van der Waals surface area contributed by atoms with E-state index >= 15 is 0 Å². The minimum Gasteiger partial charge on any atom is -0.487 e. The Balaban J connectivity index is 2.91. The lowest BCUT2D eigenvalue weighted by Crippen LogP contribution is -2.45. The maximum absolute atomic E-state index is 13.3. The van der Waals surface area contributed by atoms with E-state index in [1.54, 1.807) is 19.3 Å². The molecule has 25 heavy (non-hydrogen) atoms. The highest BCUT2D eigenvalue weighted by atomic mass is 19.4. The zero-order valence-corrected chi connectivity index (χ0v) is 14.3. The van der Waals surface area contributed by atoms with Crippen LogP contribution in [-0.2, 0) is 0 Å². The summed E-state index contributed by atoms with van der Waals surface area (Å²) in [4.78, 5) is 6.05. The number of aryl methyl sites for hydroxylation is 2. The number of benzene rings is 1. The lowest BCUT2D eigenvalue weighted by atomic mass is 10.1. The van der Waals surface area contributed by atoms with Crippen LogP contribution in [0.15, 0.2) is 17.1 Å². The summed E-state index contributed by atoms with van der Waals surface area (Å²) in [5.74, 6) is -4.73. The fourth-order valence-electron chi connectivity index (χ4n) is 1.80. The quantitative estimate of drug-likeness (QED) is 0.390. The molecule has 1 atom stereocenters. The number of aliphatic imine (C=N–C) groups is 1. The average molecular weight is 370 g/mol. The number of hydrogen-bond acceptors (Lipinski definition) is 2. The summed E-state index contributed by atoms with van der Waals surface area (Å²) in [7, 11) is 1.82. The molecule has 0 radical (unpaired) electrons. The molecular formula is C16H20F6N2O. The number of rotatable bonds is 7. The van der Waals surface area contributed by atoms with Gasteiger partial charge in [-0.25, -0.2) is 9.38 Å². The van der Waals surface area contributed by atoms with Crippen LogP contribution in [0.1, 0.15) is 18.1 Å². The normalized spacial score (nSPS) is 14.0. The molecular weight excluding hydrogens is 350 g/mol. The van der Waals surface area contributed by atoms with Gasteiger partial charge in [0.05, 0.1) is 12.0 Å². The summed E-state index contributed by atoms with van der Waals surface area (Å²) in [5, 5.41) is 0. The summed E-state index contributed by atoms with van der Waals surface area (Å²) < 4.78 is 80.6. The van der Waals surface area contributed by atoms with Gasteiger partial charge in [0.1, 0.15) is 5.75 Å². The fraction of sp³-hybridized carbons (Fsp3) is 0.562. The third-order valence-electron chi connectivity index (χ3n) is 3.46. The molecule has 0 aliphatic rings. The van der Waals surface area contributed by atoms with Gasteiger partial charge in [-0.15, -0.1) is 0 Å². The summed E-state index contributed by atoms with van der Waals surface area (Å²) >= 11 is 0. The highest BCUT2D eigenvalue weighted by molar-refractivity contribution is 5.64. The van der Waals surface area contributed by atoms with Crippen LogP contribution in [0.2, 0.25) is 0 Å². The maximum Gasteiger partial charge on any atom is 0.425 e. The van der Waals surface area contributed by atoms with E-state index in [0.29, 0.717) is 16.8 Å². The van der Waals surface area contributed by atoms with Gasteiger partial charge in [-0.1, -0.05) is 0 Å². The summed E-state index contributed by atoms with van der Waals surface area (Å²) in [5.41, 5.74) is 1.54. The van der Waals surface area contributed by atoms with Gasteiger partial charge in [-0.05, 0) is 44.0 Å². The molecule has 0 spiro atoms. The van der Waals surface area contributed by atoms with Crippen LogP contribution < -0.4 is 4.74 Å². The number of hydrogen-bond donors (Lipinski definition) is 0. The molecule has 0 fully saturated rings. The van der Waals surface area contributed by atoms with Crippen LogP contribution in [0.4, 0.5) is 32.0 Å². The Morgan fingerprint density at radius 3 is 2.28 bits per heavy atom. The van der Waals surface area contributed by atoms with Crippen molar-refractivity contribution in [3.8, 4) is 5.75 Å². The number of halogens is 6. The van der Waals surface area contributed by atoms with Gasteiger partial charge in [-0.3, -0.25) is 0 Å². The van der Waals surface area contributed by atoms with Crippen molar-refractivity contribution in [3.05, 3.63) is 23.3 Å². The predicted octanol–water partition coefficient (Wildman–Crippen LogP) is 4.83. The van der Waals surface area contributed by atoms with Crippen molar-refractivity contribution in [1.82, 2.24) is 4.90 Å². The Hall–Kier alpha value is -1.93. The molecule has 1 aromatic rings. The van der Waals surface area contributed by atoms with Gasteiger partial charge in [0, 0.05) is 13.6 Å². The first kappa shape index (κ1) is 21.1. The fourth-order valence-corrected chi connectivity index (χ4v) is 1.80. The molecule has 0 heterocycles. The maximum atomic E-state index is 13.3. The summed E-state index contributed by atoms with van der Waals surface area (Å²) in [6, 6.07) is 2.93. The van der Waals surface area contributed by atoms with E-state index in [4.69, 9.17) is 4.74 Å². The molecule has 9 heteroatoms. The average Bonchev–Trinajstić information content (AvgIpc) is 2.51. The Bertz CT molecular complexity index is 615. The molecule has 3 nitrogen and oxygen atoms in total. The third kappa shape index (κ3) is 5.82. The molecule has 0 aliphatic carbocycles. The van der Waals surface area contributed by atoms with Crippen molar-refractivity contribution in [2.45, 2.75) is 39.0 Å². The molecule has 1 unspecified atom stereocenters. The van der Waals surface area contributed by atoms with Crippen molar-refractivity contribution in [2.75, 3.05) is 20.2 Å².